The number of hydrogen-bond acceptors (Lipinski definition) is 2. The molecule has 0 bridgehead atoms. The van der Waals surface area contributed by atoms with Gasteiger partial charge in [-0.1, -0.05) is 38.1 Å². The highest BCUT2D eigenvalue weighted by Crippen LogP contribution is 2.11. The summed E-state index contributed by atoms with van der Waals surface area (Å²) in [7, 11) is 3.12. The van der Waals surface area contributed by atoms with Crippen molar-refractivity contribution in [2.24, 2.45) is 5.92 Å². The first-order valence-electron chi connectivity index (χ1n) is 5.89. The summed E-state index contributed by atoms with van der Waals surface area (Å²) in [5, 5.41) is 0. The van der Waals surface area contributed by atoms with Crippen molar-refractivity contribution in [2.45, 2.75) is 26.8 Å². The van der Waals surface area contributed by atoms with E-state index in [4.69, 9.17) is 0 Å². The molecular weight excluding hydrogens is 214 g/mol. The minimum Gasteiger partial charge on any atom is -0.453 e. The first-order valence-corrected chi connectivity index (χ1v) is 5.89. The highest BCUT2D eigenvalue weighted by molar-refractivity contribution is 5.66. The van der Waals surface area contributed by atoms with Crippen molar-refractivity contribution in [3.63, 3.8) is 0 Å². The van der Waals surface area contributed by atoms with Crippen molar-refractivity contribution in [3.05, 3.63) is 35.4 Å². The highest BCUT2D eigenvalue weighted by Gasteiger charge is 2.08. The average molecular weight is 235 g/mol. The lowest BCUT2D eigenvalue weighted by Crippen LogP contribution is -2.25. The smallest absolute Gasteiger partial charge is 0.409 e. The van der Waals surface area contributed by atoms with E-state index in [1.807, 2.05) is 0 Å². The molecule has 0 aliphatic heterocycles. The first-order chi connectivity index (χ1) is 8.02. The topological polar surface area (TPSA) is 29.5 Å². The van der Waals surface area contributed by atoms with Gasteiger partial charge in [-0.25, -0.2) is 4.79 Å². The number of carbonyl (C=O) groups excluding carboxylic acids is 1. The Morgan fingerprint density at radius 3 is 2.24 bits per heavy atom. The standard InChI is InChI=1S/C14H21NO2/c1-11(2)9-12-5-7-13(8-6-12)10-15(3)14(16)17-4/h5-8,11H,9-10H2,1-4H3. The quantitative estimate of drug-likeness (QED) is 0.802. The summed E-state index contributed by atoms with van der Waals surface area (Å²) in [6.07, 6.45) is 0.781. The largest absolute Gasteiger partial charge is 0.453 e. The Bertz CT molecular complexity index is 357. The molecule has 3 heteroatoms. The molecule has 3 nitrogen and oxygen atoms in total. The molecule has 1 aromatic carbocycles. The van der Waals surface area contributed by atoms with Crippen LogP contribution in [0, 0.1) is 5.92 Å². The van der Waals surface area contributed by atoms with Gasteiger partial charge in [0.05, 0.1) is 7.11 Å². The molecule has 0 unspecified atom stereocenters. The molecule has 0 atom stereocenters. The molecule has 0 aromatic heterocycles. The maximum absolute atomic E-state index is 11.2. The number of carbonyl (C=O) groups is 1. The number of benzene rings is 1. The minimum atomic E-state index is -0.309. The van der Waals surface area contributed by atoms with Crippen LogP contribution in [0.4, 0.5) is 4.79 Å². The molecule has 94 valence electrons. The SMILES string of the molecule is COC(=O)N(C)Cc1ccc(CC(C)C)cc1. The summed E-state index contributed by atoms with van der Waals surface area (Å²) in [4.78, 5) is 12.8. The van der Waals surface area contributed by atoms with Gasteiger partial charge in [0.15, 0.2) is 0 Å². The van der Waals surface area contributed by atoms with Crippen LogP contribution in [0.5, 0.6) is 0 Å². The van der Waals surface area contributed by atoms with Crippen LogP contribution >= 0.6 is 0 Å². The van der Waals surface area contributed by atoms with Crippen LogP contribution in [-0.4, -0.2) is 25.2 Å². The van der Waals surface area contributed by atoms with Gasteiger partial charge in [-0.05, 0) is 23.5 Å². The lowest BCUT2D eigenvalue weighted by molar-refractivity contribution is 0.131. The number of rotatable bonds is 4. The van der Waals surface area contributed by atoms with Crippen LogP contribution in [0.25, 0.3) is 0 Å². The maximum Gasteiger partial charge on any atom is 0.409 e. The third kappa shape index (κ3) is 4.47. The monoisotopic (exact) mass is 235 g/mol. The predicted octanol–water partition coefficient (Wildman–Crippen LogP) is 3.08. The van der Waals surface area contributed by atoms with Crippen molar-refractivity contribution in [1.82, 2.24) is 4.90 Å². The normalized spacial score (nSPS) is 10.4. The molecule has 0 N–H and O–H groups in total. The zero-order chi connectivity index (χ0) is 12.8. The second-order valence-corrected chi connectivity index (χ2v) is 4.74. The Balaban J connectivity index is 2.59. The lowest BCUT2D eigenvalue weighted by atomic mass is 10.0. The van der Waals surface area contributed by atoms with Gasteiger partial charge in [-0.3, -0.25) is 0 Å². The van der Waals surface area contributed by atoms with E-state index in [-0.39, 0.29) is 6.09 Å². The Labute approximate surface area is 103 Å². The first kappa shape index (κ1) is 13.6. The van der Waals surface area contributed by atoms with Gasteiger partial charge in [0.25, 0.3) is 0 Å². The number of nitrogens with zero attached hydrogens (tertiary/aromatic N) is 1. The lowest BCUT2D eigenvalue weighted by Gasteiger charge is -2.15. The Kier molecular flexibility index (Phi) is 5.01. The van der Waals surface area contributed by atoms with Gasteiger partial charge in [0.2, 0.25) is 0 Å². The van der Waals surface area contributed by atoms with E-state index in [0.29, 0.717) is 12.5 Å². The molecule has 1 aromatic rings. The van der Waals surface area contributed by atoms with Crippen LogP contribution in [-0.2, 0) is 17.7 Å². The van der Waals surface area contributed by atoms with E-state index in [0.717, 1.165) is 12.0 Å². The molecular formula is C14H21NO2. The van der Waals surface area contributed by atoms with Crippen molar-refractivity contribution in [2.75, 3.05) is 14.2 Å². The van der Waals surface area contributed by atoms with E-state index in [1.165, 1.54) is 12.7 Å². The fraction of sp³-hybridized carbons (Fsp3) is 0.500. The summed E-state index contributed by atoms with van der Waals surface area (Å²) in [5.74, 6) is 0.665. The number of hydrogen-bond donors (Lipinski definition) is 0. The van der Waals surface area contributed by atoms with Gasteiger partial charge >= 0.3 is 6.09 Å². The summed E-state index contributed by atoms with van der Waals surface area (Å²) < 4.78 is 4.65. The number of amides is 1. The molecule has 17 heavy (non-hydrogen) atoms. The van der Waals surface area contributed by atoms with Gasteiger partial charge in [-0.15, -0.1) is 0 Å². The van der Waals surface area contributed by atoms with Gasteiger partial charge in [0.1, 0.15) is 0 Å². The third-order valence-electron chi connectivity index (χ3n) is 2.57. The van der Waals surface area contributed by atoms with Crippen molar-refractivity contribution >= 4 is 6.09 Å². The Morgan fingerprint density at radius 1 is 1.24 bits per heavy atom. The molecule has 0 saturated carbocycles. The van der Waals surface area contributed by atoms with Gasteiger partial charge in [-0.2, -0.15) is 0 Å². The molecule has 1 rings (SSSR count). The Morgan fingerprint density at radius 2 is 1.76 bits per heavy atom. The predicted molar refractivity (Wildman–Crippen MR) is 68.9 cm³/mol. The summed E-state index contributed by atoms with van der Waals surface area (Å²) in [5.41, 5.74) is 2.45. The van der Waals surface area contributed by atoms with Crippen LogP contribution in [0.1, 0.15) is 25.0 Å². The van der Waals surface area contributed by atoms with E-state index < -0.39 is 0 Å². The van der Waals surface area contributed by atoms with Crippen LogP contribution < -0.4 is 0 Å². The number of ether oxygens (including phenoxy) is 1. The molecule has 0 aliphatic carbocycles. The van der Waals surface area contributed by atoms with Gasteiger partial charge in [0, 0.05) is 13.6 Å². The van der Waals surface area contributed by atoms with E-state index in [2.05, 4.69) is 42.8 Å². The Hall–Kier alpha value is -1.51. The van der Waals surface area contributed by atoms with Gasteiger partial charge < -0.3 is 9.64 Å². The second-order valence-electron chi connectivity index (χ2n) is 4.74. The maximum atomic E-state index is 11.2. The third-order valence-corrected chi connectivity index (χ3v) is 2.57. The van der Waals surface area contributed by atoms with E-state index in [9.17, 15) is 4.79 Å². The molecule has 0 saturated heterocycles. The van der Waals surface area contributed by atoms with Crippen LogP contribution in [0.3, 0.4) is 0 Å². The van der Waals surface area contributed by atoms with Crippen molar-refractivity contribution < 1.29 is 9.53 Å². The van der Waals surface area contributed by atoms with Crippen molar-refractivity contribution in [1.29, 1.82) is 0 Å². The minimum absolute atomic E-state index is 0.309. The summed E-state index contributed by atoms with van der Waals surface area (Å²) in [6.45, 7) is 4.99. The molecule has 0 heterocycles. The molecule has 0 radical (unpaired) electrons. The molecule has 1 amide bonds. The zero-order valence-electron chi connectivity index (χ0n) is 11.1. The number of methoxy groups -OCH3 is 1. The highest BCUT2D eigenvalue weighted by atomic mass is 16.5. The summed E-state index contributed by atoms with van der Waals surface area (Å²) >= 11 is 0. The zero-order valence-corrected chi connectivity index (χ0v) is 11.1. The second kappa shape index (κ2) is 6.28. The van der Waals surface area contributed by atoms with Crippen molar-refractivity contribution in [3.8, 4) is 0 Å². The summed E-state index contributed by atoms with van der Waals surface area (Å²) in [6, 6.07) is 8.38. The molecule has 0 spiro atoms. The fourth-order valence-electron chi connectivity index (χ4n) is 1.75. The molecule has 0 aliphatic rings. The van der Waals surface area contributed by atoms with Crippen LogP contribution in [0.2, 0.25) is 0 Å². The fourth-order valence-corrected chi connectivity index (χ4v) is 1.75. The van der Waals surface area contributed by atoms with E-state index in [1.54, 1.807) is 11.9 Å². The van der Waals surface area contributed by atoms with E-state index >= 15 is 0 Å². The van der Waals surface area contributed by atoms with Crippen LogP contribution in [0.15, 0.2) is 24.3 Å². The molecule has 0 fully saturated rings. The average Bonchev–Trinajstić information content (AvgIpc) is 2.30.